The summed E-state index contributed by atoms with van der Waals surface area (Å²) in [4.78, 5) is 29.6. The van der Waals surface area contributed by atoms with Gasteiger partial charge in [-0.3, -0.25) is 14.5 Å². The lowest BCUT2D eigenvalue weighted by Crippen LogP contribution is -2.31. The van der Waals surface area contributed by atoms with Crippen LogP contribution in [0.15, 0.2) is 115 Å². The lowest BCUT2D eigenvalue weighted by molar-refractivity contribution is -0.137. The summed E-state index contributed by atoms with van der Waals surface area (Å²) < 4.78 is 3.82. The molecule has 5 nitrogen and oxygen atoms in total. The number of benzene rings is 4. The lowest BCUT2D eigenvalue weighted by Gasteiger charge is -2.15. The molecule has 2 amide bonds. The zero-order valence-electron chi connectivity index (χ0n) is 19.3. The monoisotopic (exact) mass is 467 g/mol. The Kier molecular flexibility index (Phi) is 4.45. The third kappa shape index (κ3) is 2.89. The van der Waals surface area contributed by atoms with Gasteiger partial charge in [-0.1, -0.05) is 84.9 Å². The van der Waals surface area contributed by atoms with E-state index in [0.717, 1.165) is 38.3 Å². The number of imide groups is 1. The van der Waals surface area contributed by atoms with E-state index in [1.165, 1.54) is 4.90 Å². The van der Waals surface area contributed by atoms with E-state index in [1.54, 1.807) is 0 Å². The Morgan fingerprint density at radius 3 is 1.78 bits per heavy atom. The predicted octanol–water partition coefficient (Wildman–Crippen LogP) is 6.14. The van der Waals surface area contributed by atoms with Crippen molar-refractivity contribution in [1.82, 2.24) is 14.0 Å². The number of fused-ring (bicyclic) bond motifs is 4. The first-order valence-corrected chi connectivity index (χ1v) is 11.9. The molecule has 4 aromatic carbocycles. The molecule has 0 fully saturated rings. The van der Waals surface area contributed by atoms with Gasteiger partial charge in [-0.15, -0.1) is 0 Å². The van der Waals surface area contributed by atoms with Crippen LogP contribution in [-0.4, -0.2) is 25.8 Å². The molecule has 172 valence electrons. The fourth-order valence-electron chi connectivity index (χ4n) is 5.32. The van der Waals surface area contributed by atoms with Crippen LogP contribution in [0.2, 0.25) is 0 Å². The number of rotatable bonds is 4. The van der Waals surface area contributed by atoms with Gasteiger partial charge in [-0.05, 0) is 35.2 Å². The van der Waals surface area contributed by atoms with E-state index in [1.807, 2.05) is 112 Å². The van der Waals surface area contributed by atoms with Crippen molar-refractivity contribution in [2.45, 2.75) is 6.54 Å². The predicted molar refractivity (Wildman–Crippen MR) is 143 cm³/mol. The zero-order valence-corrected chi connectivity index (χ0v) is 19.3. The van der Waals surface area contributed by atoms with Crippen molar-refractivity contribution in [1.29, 1.82) is 0 Å². The molecule has 0 N–H and O–H groups in total. The summed E-state index contributed by atoms with van der Waals surface area (Å²) in [5.41, 5.74) is 4.31. The minimum Gasteiger partial charge on any atom is -0.310 e. The summed E-state index contributed by atoms with van der Waals surface area (Å²) >= 11 is 0. The van der Waals surface area contributed by atoms with Gasteiger partial charge in [-0.2, -0.15) is 0 Å². The summed E-state index contributed by atoms with van der Waals surface area (Å²) in [5.74, 6) is -0.606. The first-order valence-electron chi connectivity index (χ1n) is 11.9. The molecule has 6 aromatic rings. The summed E-state index contributed by atoms with van der Waals surface area (Å²) in [6.45, 7) is 0.210. The van der Waals surface area contributed by atoms with Gasteiger partial charge in [0.25, 0.3) is 11.8 Å². The van der Waals surface area contributed by atoms with Crippen LogP contribution in [-0.2, 0) is 16.1 Å². The molecule has 3 heterocycles. The molecule has 0 saturated carbocycles. The highest BCUT2D eigenvalue weighted by Crippen LogP contribution is 2.38. The van der Waals surface area contributed by atoms with Gasteiger partial charge in [0.1, 0.15) is 11.4 Å². The fraction of sp³-hybridized carbons (Fsp3) is 0.0323. The Hall–Kier alpha value is -4.90. The molecule has 5 heteroatoms. The Morgan fingerprint density at radius 1 is 0.528 bits per heavy atom. The number of carbonyl (C=O) groups excluding carboxylic acids is 2. The average Bonchev–Trinajstić information content (AvgIpc) is 3.56. The van der Waals surface area contributed by atoms with E-state index in [4.69, 9.17) is 0 Å². The minimum atomic E-state index is -0.304. The normalized spacial score (nSPS) is 14.2. The molecule has 0 saturated heterocycles. The van der Waals surface area contributed by atoms with Crippen molar-refractivity contribution < 1.29 is 9.59 Å². The van der Waals surface area contributed by atoms with Gasteiger partial charge in [0.05, 0.1) is 23.1 Å². The van der Waals surface area contributed by atoms with Gasteiger partial charge in [0, 0.05) is 17.0 Å². The molecule has 1 aliphatic rings. The van der Waals surface area contributed by atoms with Gasteiger partial charge >= 0.3 is 0 Å². The number of nitrogens with zero attached hydrogens (tertiary/aromatic N) is 3. The molecule has 7 rings (SSSR count). The van der Waals surface area contributed by atoms with Crippen LogP contribution in [0, 0.1) is 0 Å². The molecule has 0 aliphatic carbocycles. The largest absolute Gasteiger partial charge is 0.310 e. The number of hydrogen-bond donors (Lipinski definition) is 0. The maximum absolute atomic E-state index is 14.2. The Labute approximate surface area is 207 Å². The molecule has 0 atom stereocenters. The second-order valence-electron chi connectivity index (χ2n) is 8.99. The van der Waals surface area contributed by atoms with E-state index in [2.05, 4.69) is 12.1 Å². The van der Waals surface area contributed by atoms with Crippen LogP contribution >= 0.6 is 0 Å². The van der Waals surface area contributed by atoms with Crippen molar-refractivity contribution in [2.24, 2.45) is 0 Å². The van der Waals surface area contributed by atoms with Gasteiger partial charge in [0.15, 0.2) is 0 Å². The van der Waals surface area contributed by atoms with E-state index in [9.17, 15) is 9.59 Å². The van der Waals surface area contributed by atoms with Crippen LogP contribution in [0.3, 0.4) is 0 Å². The van der Waals surface area contributed by atoms with E-state index < -0.39 is 0 Å². The van der Waals surface area contributed by atoms with Crippen LogP contribution in [0.1, 0.15) is 5.56 Å². The smallest absolute Gasteiger partial charge is 0.280 e. The molecule has 0 bridgehead atoms. The standard InChI is InChI=1S/C31H21N3O2/c35-30-28(32-19-18-22-12-4-7-15-25(22)32)29(31(36)33(30)20-21-10-2-1-3-11-21)34-26-16-8-5-13-23(26)24-14-6-9-17-27(24)34/h1-19H,20H2. The number of amides is 2. The Morgan fingerprint density at radius 2 is 1.08 bits per heavy atom. The third-order valence-electron chi connectivity index (χ3n) is 6.95. The summed E-state index contributed by atoms with van der Waals surface area (Å²) in [5, 5.41) is 3.09. The van der Waals surface area contributed by atoms with Crippen LogP contribution < -0.4 is 0 Å². The molecule has 2 aromatic heterocycles. The van der Waals surface area contributed by atoms with Gasteiger partial charge in [-0.25, -0.2) is 0 Å². The first-order chi connectivity index (χ1) is 17.7. The third-order valence-corrected chi connectivity index (χ3v) is 6.95. The topological polar surface area (TPSA) is 47.2 Å². The quantitative estimate of drug-likeness (QED) is 0.292. The van der Waals surface area contributed by atoms with Crippen molar-refractivity contribution in [3.05, 3.63) is 121 Å². The number of hydrogen-bond acceptors (Lipinski definition) is 2. The second kappa shape index (κ2) is 7.82. The van der Waals surface area contributed by atoms with Crippen molar-refractivity contribution >= 4 is 55.9 Å². The molecule has 0 spiro atoms. The van der Waals surface area contributed by atoms with Crippen molar-refractivity contribution in [2.75, 3.05) is 0 Å². The SMILES string of the molecule is O=C1C(n2ccc3ccccc32)=C(n2c3ccccc3c3ccccc32)C(=O)N1Cc1ccccc1. The molecular formula is C31H21N3O2. The maximum atomic E-state index is 14.2. The van der Waals surface area contributed by atoms with Crippen LogP contribution in [0.25, 0.3) is 44.1 Å². The highest BCUT2D eigenvalue weighted by atomic mass is 16.2. The highest BCUT2D eigenvalue weighted by molar-refractivity contribution is 6.45. The number of carbonyl (C=O) groups is 2. The molecular weight excluding hydrogens is 446 g/mol. The summed E-state index contributed by atoms with van der Waals surface area (Å²) in [7, 11) is 0. The summed E-state index contributed by atoms with van der Waals surface area (Å²) in [6, 6.07) is 35.6. The summed E-state index contributed by atoms with van der Waals surface area (Å²) in [6.07, 6.45) is 1.88. The minimum absolute atomic E-state index is 0.210. The van der Waals surface area contributed by atoms with Gasteiger partial charge < -0.3 is 9.13 Å². The molecule has 0 radical (unpaired) electrons. The van der Waals surface area contributed by atoms with E-state index in [-0.39, 0.29) is 18.4 Å². The highest BCUT2D eigenvalue weighted by Gasteiger charge is 2.41. The molecule has 0 unspecified atom stereocenters. The Balaban J connectivity index is 1.54. The van der Waals surface area contributed by atoms with Crippen LogP contribution in [0.4, 0.5) is 0 Å². The van der Waals surface area contributed by atoms with Gasteiger partial charge in [0.2, 0.25) is 0 Å². The molecule has 1 aliphatic heterocycles. The lowest BCUT2D eigenvalue weighted by atomic mass is 10.2. The second-order valence-corrected chi connectivity index (χ2v) is 8.99. The number of para-hydroxylation sites is 3. The van der Waals surface area contributed by atoms with Crippen molar-refractivity contribution in [3.63, 3.8) is 0 Å². The Bertz CT molecular complexity index is 1800. The zero-order chi connectivity index (χ0) is 24.2. The average molecular weight is 468 g/mol. The molecule has 36 heavy (non-hydrogen) atoms. The van der Waals surface area contributed by atoms with E-state index in [0.29, 0.717) is 11.4 Å². The maximum Gasteiger partial charge on any atom is 0.280 e. The van der Waals surface area contributed by atoms with E-state index >= 15 is 0 Å². The van der Waals surface area contributed by atoms with Crippen LogP contribution in [0.5, 0.6) is 0 Å². The van der Waals surface area contributed by atoms with Crippen molar-refractivity contribution in [3.8, 4) is 0 Å². The fourth-order valence-corrected chi connectivity index (χ4v) is 5.32. The number of aromatic nitrogens is 2. The first kappa shape index (κ1) is 20.5.